The minimum absolute atomic E-state index is 0.251. The van der Waals surface area contributed by atoms with E-state index in [0.29, 0.717) is 5.33 Å². The summed E-state index contributed by atoms with van der Waals surface area (Å²) in [4.78, 5) is 11.2. The summed E-state index contributed by atoms with van der Waals surface area (Å²) in [6.07, 6.45) is 0.251. The molecule has 0 unspecified atom stereocenters. The molecule has 3 nitrogen and oxygen atoms in total. The highest BCUT2D eigenvalue weighted by molar-refractivity contribution is 9.10. The van der Waals surface area contributed by atoms with E-state index in [1.54, 1.807) is 7.11 Å². The van der Waals surface area contributed by atoms with Crippen molar-refractivity contribution in [2.45, 2.75) is 11.8 Å². The first kappa shape index (κ1) is 13.5. The van der Waals surface area contributed by atoms with Crippen molar-refractivity contribution < 1.29 is 14.3 Å². The first-order valence-corrected chi connectivity index (χ1v) is 6.51. The molecule has 0 aliphatic carbocycles. The van der Waals surface area contributed by atoms with Gasteiger partial charge in [-0.25, -0.2) is 0 Å². The van der Waals surface area contributed by atoms with Crippen LogP contribution in [0.4, 0.5) is 0 Å². The molecular formula is C11H12Br2O3. The van der Waals surface area contributed by atoms with Crippen molar-refractivity contribution in [2.75, 3.05) is 14.2 Å². The van der Waals surface area contributed by atoms with Crippen LogP contribution in [0.2, 0.25) is 0 Å². The molecule has 1 rings (SSSR count). The van der Waals surface area contributed by atoms with Gasteiger partial charge in [-0.05, 0) is 17.7 Å². The lowest BCUT2D eigenvalue weighted by Gasteiger charge is -2.10. The van der Waals surface area contributed by atoms with E-state index in [1.165, 1.54) is 7.11 Å². The Hall–Kier alpha value is -0.550. The van der Waals surface area contributed by atoms with Crippen LogP contribution in [0.25, 0.3) is 0 Å². The molecular weight excluding hydrogens is 340 g/mol. The maximum atomic E-state index is 11.2. The Bertz CT molecular complexity index is 391. The van der Waals surface area contributed by atoms with Crippen LogP contribution >= 0.6 is 31.9 Å². The zero-order chi connectivity index (χ0) is 12.1. The van der Waals surface area contributed by atoms with E-state index in [2.05, 4.69) is 36.6 Å². The third-order valence-corrected chi connectivity index (χ3v) is 3.50. The highest BCUT2D eigenvalue weighted by atomic mass is 79.9. The van der Waals surface area contributed by atoms with Crippen molar-refractivity contribution in [1.29, 1.82) is 0 Å². The van der Waals surface area contributed by atoms with Crippen LogP contribution in [-0.2, 0) is 21.3 Å². The zero-order valence-corrected chi connectivity index (χ0v) is 12.2. The monoisotopic (exact) mass is 350 g/mol. The van der Waals surface area contributed by atoms with E-state index < -0.39 is 0 Å². The van der Waals surface area contributed by atoms with Gasteiger partial charge >= 0.3 is 5.97 Å². The van der Waals surface area contributed by atoms with Crippen LogP contribution in [0.5, 0.6) is 5.75 Å². The van der Waals surface area contributed by atoms with Gasteiger partial charge in [0.2, 0.25) is 0 Å². The SMILES string of the molecule is COC(=O)Cc1cc(CBr)c(OC)cc1Br. The van der Waals surface area contributed by atoms with Gasteiger partial charge in [-0.3, -0.25) is 4.79 Å². The third-order valence-electron chi connectivity index (χ3n) is 2.16. The van der Waals surface area contributed by atoms with Gasteiger partial charge < -0.3 is 9.47 Å². The van der Waals surface area contributed by atoms with Gasteiger partial charge in [0.15, 0.2) is 0 Å². The summed E-state index contributed by atoms with van der Waals surface area (Å²) in [7, 11) is 3.00. The summed E-state index contributed by atoms with van der Waals surface area (Å²) in [5.41, 5.74) is 1.90. The lowest BCUT2D eigenvalue weighted by molar-refractivity contribution is -0.139. The van der Waals surface area contributed by atoms with Crippen molar-refractivity contribution in [3.8, 4) is 5.75 Å². The van der Waals surface area contributed by atoms with Crippen molar-refractivity contribution in [2.24, 2.45) is 0 Å². The summed E-state index contributed by atoms with van der Waals surface area (Å²) < 4.78 is 10.7. The standard InChI is InChI=1S/C11H12Br2O3/c1-15-10-5-9(13)7(3-8(10)6-12)4-11(14)16-2/h3,5H,4,6H2,1-2H3. The molecule has 0 bridgehead atoms. The van der Waals surface area contributed by atoms with Gasteiger partial charge in [0, 0.05) is 15.4 Å². The Balaban J connectivity index is 3.06. The highest BCUT2D eigenvalue weighted by Gasteiger charge is 2.11. The van der Waals surface area contributed by atoms with Crippen LogP contribution in [-0.4, -0.2) is 20.2 Å². The van der Waals surface area contributed by atoms with Crippen LogP contribution in [0, 0.1) is 0 Å². The van der Waals surface area contributed by atoms with Gasteiger partial charge in [0.25, 0.3) is 0 Å². The van der Waals surface area contributed by atoms with Crippen molar-refractivity contribution >= 4 is 37.8 Å². The Kier molecular flexibility index (Phi) is 5.28. The van der Waals surface area contributed by atoms with Gasteiger partial charge in [-0.15, -0.1) is 0 Å². The molecule has 5 heteroatoms. The molecule has 0 N–H and O–H groups in total. The summed E-state index contributed by atoms with van der Waals surface area (Å²) >= 11 is 6.79. The molecule has 0 heterocycles. The number of carbonyl (C=O) groups excluding carboxylic acids is 1. The minimum atomic E-state index is -0.258. The van der Waals surface area contributed by atoms with E-state index in [-0.39, 0.29) is 12.4 Å². The number of hydrogen-bond donors (Lipinski definition) is 0. The molecule has 0 saturated heterocycles. The predicted octanol–water partition coefficient (Wildman–Crippen LogP) is 3.07. The predicted molar refractivity (Wildman–Crippen MR) is 69.0 cm³/mol. The fraction of sp³-hybridized carbons (Fsp3) is 0.364. The number of ether oxygens (including phenoxy) is 2. The number of carbonyl (C=O) groups is 1. The average Bonchev–Trinajstić information content (AvgIpc) is 2.30. The molecule has 0 aromatic heterocycles. The van der Waals surface area contributed by atoms with E-state index in [1.807, 2.05) is 12.1 Å². The number of methoxy groups -OCH3 is 2. The number of hydrogen-bond acceptors (Lipinski definition) is 3. The average molecular weight is 352 g/mol. The molecule has 0 atom stereocenters. The van der Waals surface area contributed by atoms with Crippen molar-refractivity contribution in [3.05, 3.63) is 27.7 Å². The van der Waals surface area contributed by atoms with Crippen LogP contribution in [0.1, 0.15) is 11.1 Å². The van der Waals surface area contributed by atoms with Gasteiger partial charge in [0.1, 0.15) is 5.75 Å². The van der Waals surface area contributed by atoms with E-state index in [4.69, 9.17) is 4.74 Å². The minimum Gasteiger partial charge on any atom is -0.496 e. The summed E-state index contributed by atoms with van der Waals surface area (Å²) in [6, 6.07) is 3.78. The highest BCUT2D eigenvalue weighted by Crippen LogP contribution is 2.29. The van der Waals surface area contributed by atoms with Gasteiger partial charge in [-0.1, -0.05) is 31.9 Å². The number of esters is 1. The fourth-order valence-electron chi connectivity index (χ4n) is 1.31. The number of alkyl halides is 1. The smallest absolute Gasteiger partial charge is 0.310 e. The maximum absolute atomic E-state index is 11.2. The lowest BCUT2D eigenvalue weighted by Crippen LogP contribution is -2.06. The second-order valence-electron chi connectivity index (χ2n) is 3.14. The summed E-state index contributed by atoms with van der Waals surface area (Å²) in [5, 5.41) is 0.678. The van der Waals surface area contributed by atoms with E-state index in [9.17, 15) is 4.79 Å². The molecule has 1 aromatic carbocycles. The normalized spacial score (nSPS) is 10.0. The second-order valence-corrected chi connectivity index (χ2v) is 4.56. The first-order valence-electron chi connectivity index (χ1n) is 4.60. The first-order chi connectivity index (χ1) is 7.62. The number of halogens is 2. The van der Waals surface area contributed by atoms with Crippen LogP contribution in [0.3, 0.4) is 0 Å². The molecule has 0 aliphatic heterocycles. The molecule has 0 saturated carbocycles. The molecule has 0 aliphatic rings. The summed E-state index contributed by atoms with van der Waals surface area (Å²) in [5.74, 6) is 0.531. The van der Waals surface area contributed by atoms with Crippen molar-refractivity contribution in [3.63, 3.8) is 0 Å². The van der Waals surface area contributed by atoms with Gasteiger partial charge in [-0.2, -0.15) is 0 Å². The Morgan fingerprint density at radius 2 is 2.00 bits per heavy atom. The Morgan fingerprint density at radius 3 is 2.50 bits per heavy atom. The lowest BCUT2D eigenvalue weighted by atomic mass is 10.1. The number of rotatable bonds is 4. The molecule has 0 fully saturated rings. The molecule has 1 aromatic rings. The number of benzene rings is 1. The Labute approximate surface area is 111 Å². The van der Waals surface area contributed by atoms with E-state index >= 15 is 0 Å². The summed E-state index contributed by atoms with van der Waals surface area (Å²) in [6.45, 7) is 0. The fourth-order valence-corrected chi connectivity index (χ4v) is 2.21. The Morgan fingerprint density at radius 1 is 1.31 bits per heavy atom. The molecule has 0 spiro atoms. The molecule has 88 valence electrons. The van der Waals surface area contributed by atoms with Gasteiger partial charge in [0.05, 0.1) is 20.6 Å². The third kappa shape index (κ3) is 3.22. The van der Waals surface area contributed by atoms with E-state index in [0.717, 1.165) is 21.3 Å². The van der Waals surface area contributed by atoms with Crippen LogP contribution in [0.15, 0.2) is 16.6 Å². The molecule has 0 amide bonds. The van der Waals surface area contributed by atoms with Crippen LogP contribution < -0.4 is 4.74 Å². The topological polar surface area (TPSA) is 35.5 Å². The largest absolute Gasteiger partial charge is 0.496 e. The molecule has 16 heavy (non-hydrogen) atoms. The zero-order valence-electron chi connectivity index (χ0n) is 9.05. The quantitative estimate of drug-likeness (QED) is 0.617. The molecule has 0 radical (unpaired) electrons. The second kappa shape index (κ2) is 6.25. The maximum Gasteiger partial charge on any atom is 0.310 e. The van der Waals surface area contributed by atoms with Crippen molar-refractivity contribution in [1.82, 2.24) is 0 Å².